The van der Waals surface area contributed by atoms with Gasteiger partial charge in [0.15, 0.2) is 0 Å². The Hall–Kier alpha value is -0.540. The van der Waals surface area contributed by atoms with Crippen LogP contribution in [0.3, 0.4) is 0 Å². The maximum atomic E-state index is 5.52. The molecule has 0 fully saturated rings. The highest BCUT2D eigenvalue weighted by Crippen LogP contribution is 2.30. The van der Waals surface area contributed by atoms with Gasteiger partial charge in [0, 0.05) is 23.2 Å². The summed E-state index contributed by atoms with van der Waals surface area (Å²) in [4.78, 5) is 2.42. The highest BCUT2D eigenvalue weighted by Gasteiger charge is 2.17. The number of anilines is 1. The van der Waals surface area contributed by atoms with E-state index in [1.165, 1.54) is 17.7 Å². The number of halogens is 1. The first-order valence-corrected chi connectivity index (χ1v) is 5.84. The quantitative estimate of drug-likeness (QED) is 0.896. The zero-order valence-corrected chi connectivity index (χ0v) is 9.76. The molecule has 14 heavy (non-hydrogen) atoms. The van der Waals surface area contributed by atoms with Gasteiger partial charge in [0.2, 0.25) is 0 Å². The molecule has 0 spiro atoms. The van der Waals surface area contributed by atoms with E-state index in [4.69, 9.17) is 5.73 Å². The number of benzene rings is 1. The van der Waals surface area contributed by atoms with E-state index in [1.54, 1.807) is 0 Å². The molecule has 3 heteroatoms. The van der Waals surface area contributed by atoms with Crippen LogP contribution in [0.4, 0.5) is 5.69 Å². The maximum Gasteiger partial charge on any atom is 0.0410 e. The molecule has 1 aliphatic rings. The Morgan fingerprint density at radius 3 is 3.07 bits per heavy atom. The van der Waals surface area contributed by atoms with Gasteiger partial charge in [-0.25, -0.2) is 0 Å². The van der Waals surface area contributed by atoms with Crippen LogP contribution >= 0.6 is 15.9 Å². The summed E-state index contributed by atoms with van der Waals surface area (Å²) >= 11 is 3.51. The van der Waals surface area contributed by atoms with Gasteiger partial charge in [0.1, 0.15) is 0 Å². The van der Waals surface area contributed by atoms with E-state index in [2.05, 4.69) is 39.0 Å². The van der Waals surface area contributed by atoms with E-state index in [0.717, 1.165) is 30.5 Å². The zero-order valence-electron chi connectivity index (χ0n) is 8.17. The van der Waals surface area contributed by atoms with Crippen molar-refractivity contribution >= 4 is 21.6 Å². The predicted molar refractivity (Wildman–Crippen MR) is 63.7 cm³/mol. The van der Waals surface area contributed by atoms with Gasteiger partial charge in [-0.2, -0.15) is 0 Å². The molecule has 1 aromatic rings. The van der Waals surface area contributed by atoms with Crippen LogP contribution in [-0.4, -0.2) is 19.6 Å². The van der Waals surface area contributed by atoms with Crippen molar-refractivity contribution in [1.82, 2.24) is 0 Å². The standard InChI is InChI=1S/C11H15BrN2/c12-10-3-2-9-4-7-14(6-1-5-13)11(9)8-10/h2-3,8H,1,4-7,13H2. The first-order valence-electron chi connectivity index (χ1n) is 5.04. The van der Waals surface area contributed by atoms with Crippen LogP contribution in [0.25, 0.3) is 0 Å². The molecule has 2 nitrogen and oxygen atoms in total. The fourth-order valence-corrected chi connectivity index (χ4v) is 2.28. The van der Waals surface area contributed by atoms with Gasteiger partial charge >= 0.3 is 0 Å². The molecule has 76 valence electrons. The summed E-state index contributed by atoms with van der Waals surface area (Å²) in [5.74, 6) is 0. The van der Waals surface area contributed by atoms with Gasteiger partial charge in [0.25, 0.3) is 0 Å². The third-order valence-corrected chi connectivity index (χ3v) is 3.16. The molecule has 0 aromatic heterocycles. The van der Waals surface area contributed by atoms with Crippen molar-refractivity contribution in [3.63, 3.8) is 0 Å². The number of fused-ring (bicyclic) bond motifs is 1. The zero-order chi connectivity index (χ0) is 9.97. The highest BCUT2D eigenvalue weighted by molar-refractivity contribution is 9.10. The van der Waals surface area contributed by atoms with E-state index < -0.39 is 0 Å². The second-order valence-corrected chi connectivity index (χ2v) is 4.57. The molecular formula is C11H15BrN2. The van der Waals surface area contributed by atoms with Crippen LogP contribution in [0.1, 0.15) is 12.0 Å². The molecule has 2 rings (SSSR count). The lowest BCUT2D eigenvalue weighted by Gasteiger charge is -2.18. The Bertz CT molecular complexity index is 325. The van der Waals surface area contributed by atoms with Crippen molar-refractivity contribution in [1.29, 1.82) is 0 Å². The average molecular weight is 255 g/mol. The predicted octanol–water partition coefficient (Wildman–Crippen LogP) is 2.16. The van der Waals surface area contributed by atoms with Gasteiger partial charge in [-0.15, -0.1) is 0 Å². The van der Waals surface area contributed by atoms with E-state index in [-0.39, 0.29) is 0 Å². The summed E-state index contributed by atoms with van der Waals surface area (Å²) in [6.07, 6.45) is 2.25. The molecule has 0 saturated carbocycles. The molecule has 0 amide bonds. The Morgan fingerprint density at radius 2 is 2.29 bits per heavy atom. The van der Waals surface area contributed by atoms with Crippen molar-refractivity contribution in [2.24, 2.45) is 5.73 Å². The van der Waals surface area contributed by atoms with Crippen LogP contribution in [0, 0.1) is 0 Å². The first-order chi connectivity index (χ1) is 6.81. The lowest BCUT2D eigenvalue weighted by molar-refractivity contribution is 0.759. The van der Waals surface area contributed by atoms with Crippen molar-refractivity contribution in [2.45, 2.75) is 12.8 Å². The third kappa shape index (κ3) is 1.93. The molecule has 2 N–H and O–H groups in total. The maximum absolute atomic E-state index is 5.52. The topological polar surface area (TPSA) is 29.3 Å². The van der Waals surface area contributed by atoms with Gasteiger partial charge in [0.05, 0.1) is 0 Å². The Morgan fingerprint density at radius 1 is 1.43 bits per heavy atom. The first kappa shape index (κ1) is 9.99. The molecule has 1 heterocycles. The summed E-state index contributed by atoms with van der Waals surface area (Å²) in [7, 11) is 0. The van der Waals surface area contributed by atoms with Crippen LogP contribution in [-0.2, 0) is 6.42 Å². The van der Waals surface area contributed by atoms with E-state index >= 15 is 0 Å². The van der Waals surface area contributed by atoms with Crippen LogP contribution in [0.5, 0.6) is 0 Å². The van der Waals surface area contributed by atoms with Crippen molar-refractivity contribution in [2.75, 3.05) is 24.5 Å². The molecule has 0 saturated heterocycles. The largest absolute Gasteiger partial charge is 0.371 e. The molecule has 1 aromatic carbocycles. The van der Waals surface area contributed by atoms with Crippen molar-refractivity contribution in [3.05, 3.63) is 28.2 Å². The second kappa shape index (κ2) is 4.32. The summed E-state index contributed by atoms with van der Waals surface area (Å²) in [5, 5.41) is 0. The summed E-state index contributed by atoms with van der Waals surface area (Å²) in [6, 6.07) is 6.53. The minimum atomic E-state index is 0.778. The molecular weight excluding hydrogens is 240 g/mol. The molecule has 0 bridgehead atoms. The van der Waals surface area contributed by atoms with Crippen LogP contribution in [0.2, 0.25) is 0 Å². The highest BCUT2D eigenvalue weighted by atomic mass is 79.9. The average Bonchev–Trinajstić information content (AvgIpc) is 2.57. The summed E-state index contributed by atoms with van der Waals surface area (Å²) in [5.41, 5.74) is 8.37. The lowest BCUT2D eigenvalue weighted by Crippen LogP contribution is -2.23. The van der Waals surface area contributed by atoms with Crippen LogP contribution in [0.15, 0.2) is 22.7 Å². The monoisotopic (exact) mass is 254 g/mol. The normalized spacial score (nSPS) is 14.6. The fourth-order valence-electron chi connectivity index (χ4n) is 1.93. The number of nitrogens with two attached hydrogens (primary N) is 1. The van der Waals surface area contributed by atoms with Gasteiger partial charge in [-0.05, 0) is 37.1 Å². The van der Waals surface area contributed by atoms with Crippen molar-refractivity contribution in [3.8, 4) is 0 Å². The van der Waals surface area contributed by atoms with Gasteiger partial charge < -0.3 is 10.6 Å². The summed E-state index contributed by atoms with van der Waals surface area (Å²) < 4.78 is 1.16. The van der Waals surface area contributed by atoms with Crippen LogP contribution < -0.4 is 10.6 Å². The van der Waals surface area contributed by atoms with E-state index in [0.29, 0.717) is 0 Å². The fraction of sp³-hybridized carbons (Fsp3) is 0.455. The number of nitrogens with zero attached hydrogens (tertiary/aromatic N) is 1. The Balaban J connectivity index is 2.16. The lowest BCUT2D eigenvalue weighted by atomic mass is 10.2. The van der Waals surface area contributed by atoms with Crippen molar-refractivity contribution < 1.29 is 0 Å². The molecule has 0 atom stereocenters. The van der Waals surface area contributed by atoms with Gasteiger partial charge in [-0.3, -0.25) is 0 Å². The SMILES string of the molecule is NCCCN1CCc2ccc(Br)cc21. The van der Waals surface area contributed by atoms with E-state index in [9.17, 15) is 0 Å². The molecule has 1 aliphatic heterocycles. The summed E-state index contributed by atoms with van der Waals surface area (Å²) in [6.45, 7) is 3.01. The second-order valence-electron chi connectivity index (χ2n) is 3.65. The Labute approximate surface area is 93.2 Å². The smallest absolute Gasteiger partial charge is 0.0410 e. The molecule has 0 aliphatic carbocycles. The van der Waals surface area contributed by atoms with Gasteiger partial charge in [-0.1, -0.05) is 22.0 Å². The molecule has 0 unspecified atom stereocenters. The number of hydrogen-bond acceptors (Lipinski definition) is 2. The third-order valence-electron chi connectivity index (χ3n) is 2.67. The van der Waals surface area contributed by atoms with E-state index in [1.807, 2.05) is 0 Å². The number of hydrogen-bond donors (Lipinski definition) is 1. The minimum Gasteiger partial charge on any atom is -0.371 e. The Kier molecular flexibility index (Phi) is 3.08. The minimum absolute atomic E-state index is 0.778. The molecule has 0 radical (unpaired) electrons. The number of rotatable bonds is 3.